The van der Waals surface area contributed by atoms with Gasteiger partial charge in [-0.05, 0) is 31.9 Å². The first-order chi connectivity index (χ1) is 9.79. The number of halogens is 2. The summed E-state index contributed by atoms with van der Waals surface area (Å²) in [7, 11) is 0. The largest absolute Gasteiger partial charge is 0.368 e. The molecule has 0 aromatic heterocycles. The first kappa shape index (κ1) is 16.8. The van der Waals surface area contributed by atoms with Crippen molar-refractivity contribution in [3.63, 3.8) is 0 Å². The summed E-state index contributed by atoms with van der Waals surface area (Å²) in [6.45, 7) is 3.71. The van der Waals surface area contributed by atoms with E-state index in [1.165, 1.54) is 6.07 Å². The summed E-state index contributed by atoms with van der Waals surface area (Å²) >= 11 is 0. The van der Waals surface area contributed by atoms with Crippen molar-refractivity contribution in [1.82, 2.24) is 5.32 Å². The minimum absolute atomic E-state index is 0.0549. The van der Waals surface area contributed by atoms with Crippen LogP contribution in [0.5, 0.6) is 0 Å². The van der Waals surface area contributed by atoms with Gasteiger partial charge >= 0.3 is 0 Å². The first-order valence-electron chi connectivity index (χ1n) is 6.45. The first-order valence-corrected chi connectivity index (χ1v) is 6.45. The van der Waals surface area contributed by atoms with Gasteiger partial charge in [-0.1, -0.05) is 17.7 Å². The molecule has 1 aromatic rings. The van der Waals surface area contributed by atoms with E-state index in [2.05, 4.69) is 5.32 Å². The van der Waals surface area contributed by atoms with Crippen molar-refractivity contribution < 1.29 is 18.4 Å². The molecule has 21 heavy (non-hydrogen) atoms. The van der Waals surface area contributed by atoms with Gasteiger partial charge in [0.05, 0.1) is 6.42 Å². The molecule has 2 amide bonds. The van der Waals surface area contributed by atoms with Crippen molar-refractivity contribution in [3.05, 3.63) is 47.0 Å². The van der Waals surface area contributed by atoms with Crippen LogP contribution in [0.3, 0.4) is 0 Å². The molecule has 0 spiro atoms. The van der Waals surface area contributed by atoms with E-state index in [0.29, 0.717) is 6.07 Å². The van der Waals surface area contributed by atoms with E-state index in [1.807, 2.05) is 13.8 Å². The molecule has 3 N–H and O–H groups in total. The zero-order chi connectivity index (χ0) is 16.0. The van der Waals surface area contributed by atoms with Crippen LogP contribution < -0.4 is 11.1 Å². The standard InChI is InChI=1S/C15H18F2N2O2/c1-9(2)3-6-13(15(18)21)19-14(20)7-10-4-5-11(16)8-12(10)17/h3-5,8,13H,6-7H2,1-2H3,(H2,18,21)(H,19,20)/t13-/m1/s1. The maximum absolute atomic E-state index is 13.4. The fourth-order valence-corrected chi connectivity index (χ4v) is 1.68. The second kappa shape index (κ2) is 7.52. The van der Waals surface area contributed by atoms with Crippen LogP contribution in [-0.4, -0.2) is 17.9 Å². The number of benzene rings is 1. The Hall–Kier alpha value is -2.24. The summed E-state index contributed by atoms with van der Waals surface area (Å²) in [6, 6.07) is 2.12. The van der Waals surface area contributed by atoms with Crippen LogP contribution in [0, 0.1) is 11.6 Å². The Morgan fingerprint density at radius 3 is 2.52 bits per heavy atom. The number of allylic oxidation sites excluding steroid dienone is 1. The van der Waals surface area contributed by atoms with E-state index < -0.39 is 29.5 Å². The molecule has 0 bridgehead atoms. The summed E-state index contributed by atoms with van der Waals surface area (Å²) in [4.78, 5) is 23.1. The van der Waals surface area contributed by atoms with Gasteiger partial charge in [0.15, 0.2) is 0 Å². The van der Waals surface area contributed by atoms with E-state index >= 15 is 0 Å². The van der Waals surface area contributed by atoms with Crippen molar-refractivity contribution >= 4 is 11.8 Å². The van der Waals surface area contributed by atoms with Crippen molar-refractivity contribution in [3.8, 4) is 0 Å². The Morgan fingerprint density at radius 1 is 1.33 bits per heavy atom. The lowest BCUT2D eigenvalue weighted by atomic mass is 10.1. The predicted octanol–water partition coefficient (Wildman–Crippen LogP) is 1.83. The summed E-state index contributed by atoms with van der Waals surface area (Å²) in [5, 5.41) is 2.44. The maximum atomic E-state index is 13.4. The third-order valence-electron chi connectivity index (χ3n) is 2.81. The normalized spacial score (nSPS) is 11.6. The van der Waals surface area contributed by atoms with Crippen LogP contribution in [0.1, 0.15) is 25.8 Å². The number of carbonyl (C=O) groups is 2. The van der Waals surface area contributed by atoms with Crippen molar-refractivity contribution in [2.75, 3.05) is 0 Å². The highest BCUT2D eigenvalue weighted by molar-refractivity contribution is 5.87. The van der Waals surface area contributed by atoms with Crippen molar-refractivity contribution in [1.29, 1.82) is 0 Å². The second-order valence-corrected chi connectivity index (χ2v) is 4.95. The number of hydrogen-bond donors (Lipinski definition) is 2. The molecule has 114 valence electrons. The van der Waals surface area contributed by atoms with Crippen LogP contribution in [0.15, 0.2) is 29.8 Å². The zero-order valence-electron chi connectivity index (χ0n) is 12.0. The lowest BCUT2D eigenvalue weighted by Gasteiger charge is -2.14. The average molecular weight is 296 g/mol. The molecule has 0 heterocycles. The van der Waals surface area contributed by atoms with Gasteiger partial charge in [-0.25, -0.2) is 8.78 Å². The van der Waals surface area contributed by atoms with Crippen LogP contribution >= 0.6 is 0 Å². The minimum atomic E-state index is -0.851. The van der Waals surface area contributed by atoms with Gasteiger partial charge in [0.2, 0.25) is 11.8 Å². The number of amides is 2. The quantitative estimate of drug-likeness (QED) is 0.786. The minimum Gasteiger partial charge on any atom is -0.368 e. The van der Waals surface area contributed by atoms with E-state index in [0.717, 1.165) is 11.6 Å². The highest BCUT2D eigenvalue weighted by Crippen LogP contribution is 2.10. The van der Waals surface area contributed by atoms with Crippen molar-refractivity contribution in [2.45, 2.75) is 32.7 Å². The highest BCUT2D eigenvalue weighted by Gasteiger charge is 2.18. The Balaban J connectivity index is 2.69. The molecule has 6 heteroatoms. The molecule has 0 aliphatic rings. The predicted molar refractivity (Wildman–Crippen MR) is 75.2 cm³/mol. The Bertz CT molecular complexity index is 567. The molecule has 0 unspecified atom stereocenters. The van der Waals surface area contributed by atoms with Crippen LogP contribution in [-0.2, 0) is 16.0 Å². The molecule has 0 aliphatic carbocycles. The maximum Gasteiger partial charge on any atom is 0.240 e. The molecule has 0 radical (unpaired) electrons. The molecule has 1 aromatic carbocycles. The van der Waals surface area contributed by atoms with E-state index in [-0.39, 0.29) is 18.4 Å². The Morgan fingerprint density at radius 2 is 2.00 bits per heavy atom. The van der Waals surface area contributed by atoms with Gasteiger partial charge < -0.3 is 11.1 Å². The number of nitrogens with two attached hydrogens (primary N) is 1. The van der Waals surface area contributed by atoms with E-state index in [4.69, 9.17) is 5.73 Å². The SMILES string of the molecule is CC(C)=CC[C@@H](NC(=O)Cc1ccc(F)cc1F)C(N)=O. The average Bonchev–Trinajstić information content (AvgIpc) is 2.37. The molecule has 0 saturated heterocycles. The van der Waals surface area contributed by atoms with Crippen LogP contribution in [0.25, 0.3) is 0 Å². The lowest BCUT2D eigenvalue weighted by Crippen LogP contribution is -2.44. The lowest BCUT2D eigenvalue weighted by molar-refractivity contribution is -0.126. The van der Waals surface area contributed by atoms with Crippen LogP contribution in [0.4, 0.5) is 8.78 Å². The number of primary amides is 1. The molecule has 0 aliphatic heterocycles. The smallest absolute Gasteiger partial charge is 0.240 e. The number of rotatable bonds is 6. The number of carbonyl (C=O) groups excluding carboxylic acids is 2. The summed E-state index contributed by atoms with van der Waals surface area (Å²) < 4.78 is 26.2. The second-order valence-electron chi connectivity index (χ2n) is 4.95. The molecular weight excluding hydrogens is 278 g/mol. The third-order valence-corrected chi connectivity index (χ3v) is 2.81. The summed E-state index contributed by atoms with van der Waals surface area (Å²) in [6.07, 6.45) is 1.76. The number of hydrogen-bond acceptors (Lipinski definition) is 2. The van der Waals surface area contributed by atoms with E-state index in [1.54, 1.807) is 6.08 Å². The molecule has 1 rings (SSSR count). The van der Waals surface area contributed by atoms with Gasteiger partial charge in [-0.15, -0.1) is 0 Å². The van der Waals surface area contributed by atoms with Gasteiger partial charge in [-0.3, -0.25) is 9.59 Å². The van der Waals surface area contributed by atoms with E-state index in [9.17, 15) is 18.4 Å². The van der Waals surface area contributed by atoms with Crippen LogP contribution in [0.2, 0.25) is 0 Å². The van der Waals surface area contributed by atoms with Gasteiger partial charge in [0, 0.05) is 6.07 Å². The topological polar surface area (TPSA) is 72.2 Å². The molecule has 0 saturated carbocycles. The Labute approximate surface area is 122 Å². The zero-order valence-corrected chi connectivity index (χ0v) is 12.0. The summed E-state index contributed by atoms with van der Waals surface area (Å²) in [5.41, 5.74) is 6.25. The van der Waals surface area contributed by atoms with Gasteiger partial charge in [-0.2, -0.15) is 0 Å². The fourth-order valence-electron chi connectivity index (χ4n) is 1.68. The van der Waals surface area contributed by atoms with Gasteiger partial charge in [0.25, 0.3) is 0 Å². The van der Waals surface area contributed by atoms with Crippen molar-refractivity contribution in [2.24, 2.45) is 5.73 Å². The van der Waals surface area contributed by atoms with Gasteiger partial charge in [0.1, 0.15) is 17.7 Å². The molecule has 4 nitrogen and oxygen atoms in total. The molecule has 1 atom stereocenters. The molecular formula is C15H18F2N2O2. The molecule has 0 fully saturated rings. The highest BCUT2D eigenvalue weighted by atomic mass is 19.1. The monoisotopic (exact) mass is 296 g/mol. The number of nitrogens with one attached hydrogen (secondary N) is 1. The summed E-state index contributed by atoms with van der Waals surface area (Å²) in [5.74, 6) is -2.73. The fraction of sp³-hybridized carbons (Fsp3) is 0.333. The Kier molecular flexibility index (Phi) is 6.02. The third kappa shape index (κ3) is 5.72.